The molecule has 2 saturated heterocycles. The number of ether oxygens (including phenoxy) is 3. The van der Waals surface area contributed by atoms with Crippen molar-refractivity contribution in [3.05, 3.63) is 11.3 Å². The van der Waals surface area contributed by atoms with E-state index in [2.05, 4.69) is 5.32 Å². The molecule has 4 bridgehead atoms. The molecular weight excluding hydrogens is 238 g/mol. The molecule has 0 aromatic heterocycles. The fourth-order valence-electron chi connectivity index (χ4n) is 3.03. The lowest BCUT2D eigenvalue weighted by Crippen LogP contribution is -2.62. The highest BCUT2D eigenvalue weighted by Crippen LogP contribution is 2.44. The molecular formula is C12H17NO5. The van der Waals surface area contributed by atoms with Gasteiger partial charge in [-0.2, -0.15) is 0 Å². The number of esters is 1. The van der Waals surface area contributed by atoms with Gasteiger partial charge >= 0.3 is 5.97 Å². The minimum Gasteiger partial charge on any atom is -0.463 e. The van der Waals surface area contributed by atoms with Crippen LogP contribution in [0.3, 0.4) is 0 Å². The van der Waals surface area contributed by atoms with Gasteiger partial charge in [0.15, 0.2) is 5.72 Å². The number of rotatable bonds is 2. The quantitative estimate of drug-likeness (QED) is 0.670. The maximum absolute atomic E-state index is 12.0. The molecule has 0 radical (unpaired) electrons. The summed E-state index contributed by atoms with van der Waals surface area (Å²) in [4.78, 5) is 12.0. The van der Waals surface area contributed by atoms with E-state index in [1.807, 2.05) is 0 Å². The van der Waals surface area contributed by atoms with Crippen molar-refractivity contribution in [1.29, 1.82) is 0 Å². The van der Waals surface area contributed by atoms with Crippen molar-refractivity contribution < 1.29 is 24.1 Å². The Labute approximate surface area is 105 Å². The SMILES string of the molecule is CCOC(=O)C1=C(C)N[C@]2(O)C[C@H]1[C@H]1COC2O1. The number of carbonyl (C=O) groups excluding carboxylic acids is 1. The van der Waals surface area contributed by atoms with Crippen LogP contribution in [-0.4, -0.2) is 42.4 Å². The van der Waals surface area contributed by atoms with Gasteiger partial charge in [-0.05, 0) is 13.8 Å². The Hall–Kier alpha value is -1.11. The average molecular weight is 255 g/mol. The molecule has 2 N–H and O–H groups in total. The second-order valence-electron chi connectivity index (χ2n) is 4.96. The Morgan fingerprint density at radius 2 is 2.44 bits per heavy atom. The zero-order chi connectivity index (χ0) is 12.9. The highest BCUT2D eigenvalue weighted by molar-refractivity contribution is 5.90. The summed E-state index contributed by atoms with van der Waals surface area (Å²) in [7, 11) is 0. The fraction of sp³-hybridized carbons (Fsp3) is 0.750. The smallest absolute Gasteiger partial charge is 0.336 e. The molecule has 4 atom stereocenters. The van der Waals surface area contributed by atoms with E-state index in [1.54, 1.807) is 13.8 Å². The number of hydrogen-bond donors (Lipinski definition) is 2. The minimum atomic E-state index is -1.24. The monoisotopic (exact) mass is 255 g/mol. The third-order valence-electron chi connectivity index (χ3n) is 3.75. The van der Waals surface area contributed by atoms with Crippen LogP contribution in [0.25, 0.3) is 0 Å². The molecule has 0 aliphatic carbocycles. The Bertz CT molecular complexity index is 421. The maximum atomic E-state index is 12.0. The lowest BCUT2D eigenvalue weighted by Gasteiger charge is -2.45. The van der Waals surface area contributed by atoms with Crippen molar-refractivity contribution in [2.75, 3.05) is 13.2 Å². The van der Waals surface area contributed by atoms with E-state index < -0.39 is 12.0 Å². The van der Waals surface area contributed by atoms with Gasteiger partial charge in [-0.15, -0.1) is 0 Å². The van der Waals surface area contributed by atoms with Crippen molar-refractivity contribution >= 4 is 5.97 Å². The summed E-state index contributed by atoms with van der Waals surface area (Å²) in [6, 6.07) is 0. The topological polar surface area (TPSA) is 77.0 Å². The van der Waals surface area contributed by atoms with Gasteiger partial charge in [0.05, 0.1) is 24.9 Å². The molecule has 18 heavy (non-hydrogen) atoms. The van der Waals surface area contributed by atoms with Gasteiger partial charge in [-0.3, -0.25) is 0 Å². The number of nitrogens with one attached hydrogen (secondary N) is 1. The predicted molar refractivity (Wildman–Crippen MR) is 60.1 cm³/mol. The van der Waals surface area contributed by atoms with Crippen LogP contribution in [-0.2, 0) is 19.0 Å². The predicted octanol–water partition coefficient (Wildman–Crippen LogP) is -0.123. The van der Waals surface area contributed by atoms with Gasteiger partial charge in [0.2, 0.25) is 6.29 Å². The third-order valence-corrected chi connectivity index (χ3v) is 3.75. The molecule has 3 aliphatic rings. The van der Waals surface area contributed by atoms with E-state index in [1.165, 1.54) is 0 Å². The van der Waals surface area contributed by atoms with Crippen molar-refractivity contribution in [2.45, 2.75) is 38.4 Å². The number of carbonyl (C=O) groups is 1. The van der Waals surface area contributed by atoms with Gasteiger partial charge in [0, 0.05) is 18.0 Å². The third kappa shape index (κ3) is 1.56. The standard InChI is InChI=1S/C12H17NO5/c1-3-16-10(14)9-6(2)13-12(15)4-7(9)8-5-17-11(12)18-8/h7-8,11,13,15H,3-5H2,1-2H3/t7-,8+,11?,12-/m0/s1. The first-order valence-electron chi connectivity index (χ1n) is 6.20. The molecule has 0 saturated carbocycles. The normalized spacial score (nSPS) is 41.6. The maximum Gasteiger partial charge on any atom is 0.336 e. The van der Waals surface area contributed by atoms with E-state index in [-0.39, 0.29) is 18.0 Å². The molecule has 0 amide bonds. The second-order valence-corrected chi connectivity index (χ2v) is 4.96. The fourth-order valence-corrected chi connectivity index (χ4v) is 3.03. The largest absolute Gasteiger partial charge is 0.463 e. The summed E-state index contributed by atoms with van der Waals surface area (Å²) in [5.41, 5.74) is -0.0240. The highest BCUT2D eigenvalue weighted by atomic mass is 16.7. The van der Waals surface area contributed by atoms with Crippen LogP contribution in [0, 0.1) is 5.92 Å². The molecule has 6 nitrogen and oxygen atoms in total. The van der Waals surface area contributed by atoms with Gasteiger partial charge in [-0.25, -0.2) is 4.79 Å². The molecule has 0 aromatic rings. The zero-order valence-electron chi connectivity index (χ0n) is 10.4. The number of allylic oxidation sites excluding steroid dienone is 1. The van der Waals surface area contributed by atoms with Gasteiger partial charge in [0.1, 0.15) is 0 Å². The first-order chi connectivity index (χ1) is 8.55. The molecule has 3 heterocycles. The Kier molecular flexibility index (Phi) is 2.62. The molecule has 100 valence electrons. The van der Waals surface area contributed by atoms with Gasteiger partial charge in [-0.1, -0.05) is 0 Å². The summed E-state index contributed by atoms with van der Waals surface area (Å²) in [5.74, 6) is -0.516. The molecule has 0 spiro atoms. The van der Waals surface area contributed by atoms with Crippen molar-refractivity contribution in [1.82, 2.24) is 5.32 Å². The molecule has 3 aliphatic heterocycles. The number of fused-ring (bicyclic) bond motifs is 6. The van der Waals surface area contributed by atoms with Crippen LogP contribution in [0.2, 0.25) is 0 Å². The van der Waals surface area contributed by atoms with Crippen molar-refractivity contribution in [3.8, 4) is 0 Å². The first-order valence-corrected chi connectivity index (χ1v) is 6.20. The van der Waals surface area contributed by atoms with E-state index in [9.17, 15) is 9.90 Å². The molecule has 3 rings (SSSR count). The van der Waals surface area contributed by atoms with Crippen molar-refractivity contribution in [3.63, 3.8) is 0 Å². The highest BCUT2D eigenvalue weighted by Gasteiger charge is 2.57. The summed E-state index contributed by atoms with van der Waals surface area (Å²) in [5, 5.41) is 13.4. The summed E-state index contributed by atoms with van der Waals surface area (Å²) in [6.07, 6.45) is -0.419. The van der Waals surface area contributed by atoms with Gasteiger partial charge < -0.3 is 24.6 Å². The Morgan fingerprint density at radius 3 is 3.17 bits per heavy atom. The van der Waals surface area contributed by atoms with Crippen LogP contribution in [0.1, 0.15) is 20.3 Å². The van der Waals surface area contributed by atoms with E-state index >= 15 is 0 Å². The van der Waals surface area contributed by atoms with Crippen LogP contribution >= 0.6 is 0 Å². The van der Waals surface area contributed by atoms with Crippen LogP contribution < -0.4 is 5.32 Å². The number of aliphatic hydroxyl groups is 1. The van der Waals surface area contributed by atoms with E-state index in [0.717, 1.165) is 0 Å². The van der Waals surface area contributed by atoms with Gasteiger partial charge in [0.25, 0.3) is 0 Å². The molecule has 6 heteroatoms. The summed E-state index contributed by atoms with van der Waals surface area (Å²) < 4.78 is 16.1. The Morgan fingerprint density at radius 1 is 1.67 bits per heavy atom. The first kappa shape index (κ1) is 12.0. The van der Waals surface area contributed by atoms with E-state index in [4.69, 9.17) is 14.2 Å². The molecule has 2 fully saturated rings. The van der Waals surface area contributed by atoms with E-state index in [0.29, 0.717) is 30.9 Å². The summed E-state index contributed by atoms with van der Waals surface area (Å²) >= 11 is 0. The zero-order valence-corrected chi connectivity index (χ0v) is 10.4. The lowest BCUT2D eigenvalue weighted by molar-refractivity contribution is -0.236. The van der Waals surface area contributed by atoms with Crippen LogP contribution in [0.15, 0.2) is 11.3 Å². The Balaban J connectivity index is 1.97. The second kappa shape index (κ2) is 3.94. The summed E-state index contributed by atoms with van der Waals surface area (Å²) in [6.45, 7) is 4.27. The van der Waals surface area contributed by atoms with Crippen molar-refractivity contribution in [2.24, 2.45) is 5.92 Å². The minimum absolute atomic E-state index is 0.172. The van der Waals surface area contributed by atoms with Crippen LogP contribution in [0.5, 0.6) is 0 Å². The molecule has 1 unspecified atom stereocenters. The number of hydrogen-bond acceptors (Lipinski definition) is 6. The lowest BCUT2D eigenvalue weighted by atomic mass is 9.80. The molecule has 0 aromatic carbocycles. The average Bonchev–Trinajstić information content (AvgIpc) is 2.73. The van der Waals surface area contributed by atoms with Crippen LogP contribution in [0.4, 0.5) is 0 Å².